The van der Waals surface area contributed by atoms with Crippen molar-refractivity contribution in [2.75, 3.05) is 33.9 Å². The van der Waals surface area contributed by atoms with Crippen LogP contribution in [-0.2, 0) is 23.9 Å². The van der Waals surface area contributed by atoms with Crippen molar-refractivity contribution in [3.05, 3.63) is 11.4 Å². The minimum absolute atomic E-state index is 0.0561. The first-order valence-corrected chi connectivity index (χ1v) is 10.4. The van der Waals surface area contributed by atoms with Gasteiger partial charge in [0.05, 0.1) is 13.2 Å². The van der Waals surface area contributed by atoms with Gasteiger partial charge in [0.25, 0.3) is 11.8 Å². The highest BCUT2D eigenvalue weighted by Crippen LogP contribution is 2.31. The first-order valence-electron chi connectivity index (χ1n) is 10.4. The van der Waals surface area contributed by atoms with E-state index >= 15 is 0 Å². The summed E-state index contributed by atoms with van der Waals surface area (Å²) in [7, 11) is 2.62. The Labute approximate surface area is 189 Å². The van der Waals surface area contributed by atoms with E-state index in [9.17, 15) is 24.0 Å². The summed E-state index contributed by atoms with van der Waals surface area (Å²) in [5.74, 6) is -3.25. The monoisotopic (exact) mass is 465 g/mol. The van der Waals surface area contributed by atoms with Crippen LogP contribution >= 0.6 is 0 Å². The van der Waals surface area contributed by atoms with Crippen LogP contribution in [0.1, 0.15) is 52.7 Å². The summed E-state index contributed by atoms with van der Waals surface area (Å²) in [5, 5.41) is 7.54. The first-order chi connectivity index (χ1) is 15.7. The summed E-state index contributed by atoms with van der Waals surface area (Å²) in [6.07, 6.45) is 1.43. The van der Waals surface area contributed by atoms with E-state index in [1.165, 1.54) is 28.7 Å². The van der Waals surface area contributed by atoms with Crippen LogP contribution in [0.5, 0.6) is 0 Å². The minimum atomic E-state index is -0.964. The number of hydrogen-bond acceptors (Lipinski definition) is 9. The number of likely N-dealkylation sites (tertiary alicyclic amines) is 2. The van der Waals surface area contributed by atoms with Gasteiger partial charge in [-0.1, -0.05) is 5.21 Å². The summed E-state index contributed by atoms with van der Waals surface area (Å²) in [6.45, 7) is 0.258. The third-order valence-corrected chi connectivity index (χ3v) is 5.96. The number of nitrogens with zero attached hydrogens (tertiary/aromatic N) is 5. The van der Waals surface area contributed by atoms with E-state index in [0.29, 0.717) is 25.8 Å². The van der Waals surface area contributed by atoms with Crippen LogP contribution in [0, 0.1) is 0 Å². The number of carbonyl (C=O) groups excluding carboxylic acids is 5. The van der Waals surface area contributed by atoms with E-state index in [4.69, 9.17) is 20.9 Å². The van der Waals surface area contributed by atoms with Crippen molar-refractivity contribution in [1.29, 1.82) is 0 Å². The van der Waals surface area contributed by atoms with Gasteiger partial charge >= 0.3 is 5.97 Å². The van der Waals surface area contributed by atoms with Crippen molar-refractivity contribution < 1.29 is 33.4 Å². The SMILES string of the molecule is COCC(=O)N1CC[C@H](n2nnc(C(N)=O)c2C(N)=O)C[C@H]1C(=O)N1CCC[C@@H]1C(=O)OC. The average molecular weight is 465 g/mol. The largest absolute Gasteiger partial charge is 0.467 e. The molecule has 4 N–H and O–H groups in total. The van der Waals surface area contributed by atoms with Crippen molar-refractivity contribution >= 4 is 29.6 Å². The fourth-order valence-corrected chi connectivity index (χ4v) is 4.46. The Morgan fingerprint density at radius 2 is 1.73 bits per heavy atom. The molecule has 33 heavy (non-hydrogen) atoms. The van der Waals surface area contributed by atoms with Crippen molar-refractivity contribution in [3.8, 4) is 0 Å². The highest BCUT2D eigenvalue weighted by atomic mass is 16.5. The van der Waals surface area contributed by atoms with E-state index in [1.807, 2.05) is 0 Å². The Morgan fingerprint density at radius 3 is 2.33 bits per heavy atom. The van der Waals surface area contributed by atoms with Crippen molar-refractivity contribution in [1.82, 2.24) is 24.8 Å². The van der Waals surface area contributed by atoms with Crippen LogP contribution in [0.15, 0.2) is 0 Å². The van der Waals surface area contributed by atoms with Crippen LogP contribution in [-0.4, -0.2) is 100 Å². The van der Waals surface area contributed by atoms with Crippen molar-refractivity contribution in [2.45, 2.75) is 43.8 Å². The Bertz CT molecular complexity index is 962. The van der Waals surface area contributed by atoms with E-state index in [0.717, 1.165) is 0 Å². The predicted molar refractivity (Wildman–Crippen MR) is 109 cm³/mol. The number of aromatic nitrogens is 3. The second-order valence-corrected chi connectivity index (χ2v) is 7.89. The topological polar surface area (TPSA) is 193 Å². The maximum Gasteiger partial charge on any atom is 0.328 e. The molecular weight excluding hydrogens is 438 g/mol. The first kappa shape index (κ1) is 24.1. The molecule has 0 aliphatic carbocycles. The normalized spacial score (nSPS) is 22.8. The lowest BCUT2D eigenvalue weighted by Crippen LogP contribution is -2.57. The number of esters is 1. The van der Waals surface area contributed by atoms with Gasteiger partial charge < -0.3 is 30.7 Å². The van der Waals surface area contributed by atoms with Gasteiger partial charge in [-0.2, -0.15) is 0 Å². The van der Waals surface area contributed by atoms with Crippen LogP contribution in [0.4, 0.5) is 0 Å². The third-order valence-electron chi connectivity index (χ3n) is 5.96. The zero-order valence-corrected chi connectivity index (χ0v) is 18.4. The Morgan fingerprint density at radius 1 is 1.00 bits per heavy atom. The molecule has 14 nitrogen and oxygen atoms in total. The fourth-order valence-electron chi connectivity index (χ4n) is 4.46. The number of amides is 4. The molecule has 0 unspecified atom stereocenters. The molecule has 0 bridgehead atoms. The smallest absolute Gasteiger partial charge is 0.328 e. The maximum atomic E-state index is 13.5. The van der Waals surface area contributed by atoms with Gasteiger partial charge in [-0.05, 0) is 25.7 Å². The van der Waals surface area contributed by atoms with Crippen molar-refractivity contribution in [3.63, 3.8) is 0 Å². The van der Waals surface area contributed by atoms with Crippen LogP contribution < -0.4 is 11.5 Å². The number of primary amides is 2. The molecule has 3 atom stereocenters. The molecule has 0 aromatic carbocycles. The summed E-state index contributed by atoms with van der Waals surface area (Å²) >= 11 is 0. The number of rotatable bonds is 7. The van der Waals surface area contributed by atoms with E-state index in [2.05, 4.69) is 10.3 Å². The highest BCUT2D eigenvalue weighted by molar-refractivity contribution is 6.03. The van der Waals surface area contributed by atoms with E-state index in [1.54, 1.807) is 0 Å². The molecule has 180 valence electrons. The summed E-state index contributed by atoms with van der Waals surface area (Å²) in [4.78, 5) is 64.8. The van der Waals surface area contributed by atoms with Gasteiger partial charge in [0.2, 0.25) is 11.8 Å². The lowest BCUT2D eigenvalue weighted by molar-refractivity contribution is -0.156. The molecule has 3 heterocycles. The van der Waals surface area contributed by atoms with Gasteiger partial charge in [-0.15, -0.1) is 5.10 Å². The number of ether oxygens (including phenoxy) is 2. The molecule has 3 rings (SSSR count). The van der Waals surface area contributed by atoms with Crippen LogP contribution in [0.25, 0.3) is 0 Å². The Kier molecular flexibility index (Phi) is 7.26. The Hall–Kier alpha value is -3.55. The second-order valence-electron chi connectivity index (χ2n) is 7.89. The lowest BCUT2D eigenvalue weighted by atomic mass is 9.95. The molecule has 0 saturated carbocycles. The second kappa shape index (κ2) is 9.94. The molecule has 0 spiro atoms. The molecule has 0 radical (unpaired) electrons. The quantitative estimate of drug-likeness (QED) is 0.421. The number of carbonyl (C=O) groups is 5. The molecule has 2 fully saturated rings. The summed E-state index contributed by atoms with van der Waals surface area (Å²) in [5.41, 5.74) is 10.1. The van der Waals surface area contributed by atoms with Gasteiger partial charge in [-0.25, -0.2) is 9.48 Å². The van der Waals surface area contributed by atoms with E-state index < -0.39 is 47.7 Å². The summed E-state index contributed by atoms with van der Waals surface area (Å²) in [6, 6.07) is -2.28. The van der Waals surface area contributed by atoms with Crippen LogP contribution in [0.2, 0.25) is 0 Å². The summed E-state index contributed by atoms with van der Waals surface area (Å²) < 4.78 is 11.0. The lowest BCUT2D eigenvalue weighted by Gasteiger charge is -2.40. The molecule has 4 amide bonds. The number of piperidine rings is 1. The molecule has 1 aromatic heterocycles. The average Bonchev–Trinajstić information content (AvgIpc) is 3.45. The molecule has 2 aliphatic rings. The maximum absolute atomic E-state index is 13.5. The zero-order chi connectivity index (χ0) is 24.3. The molecule has 2 aliphatic heterocycles. The van der Waals surface area contributed by atoms with Gasteiger partial charge in [0, 0.05) is 20.2 Å². The zero-order valence-electron chi connectivity index (χ0n) is 18.4. The van der Waals surface area contributed by atoms with Crippen molar-refractivity contribution in [2.24, 2.45) is 11.5 Å². The van der Waals surface area contributed by atoms with E-state index in [-0.39, 0.29) is 31.0 Å². The number of methoxy groups -OCH3 is 2. The minimum Gasteiger partial charge on any atom is -0.467 e. The third kappa shape index (κ3) is 4.65. The van der Waals surface area contributed by atoms with Crippen LogP contribution in [0.3, 0.4) is 0 Å². The van der Waals surface area contributed by atoms with Gasteiger partial charge in [0.15, 0.2) is 11.4 Å². The standard InChI is InChI=1S/C19H27N7O7/c1-32-9-13(27)24-7-5-10(26-15(17(21)29)14(16(20)28)22-23-26)8-12(24)18(30)25-6-3-4-11(25)19(31)33-2/h10-12H,3-9H2,1-2H3,(H2,20,28)(H2,21,29)/t10-,11+,12-/m0/s1. The molecule has 1 aromatic rings. The number of nitrogens with two attached hydrogens (primary N) is 2. The fraction of sp³-hybridized carbons (Fsp3) is 0.632. The Balaban J connectivity index is 1.94. The predicted octanol–water partition coefficient (Wildman–Crippen LogP) is -2.18. The van der Waals surface area contributed by atoms with Gasteiger partial charge in [0.1, 0.15) is 18.7 Å². The van der Waals surface area contributed by atoms with Gasteiger partial charge in [-0.3, -0.25) is 19.2 Å². The molecule has 14 heteroatoms. The highest BCUT2D eigenvalue weighted by Gasteiger charge is 2.44. The molecular formula is C19H27N7O7. The number of hydrogen-bond donors (Lipinski definition) is 2. The molecule has 2 saturated heterocycles.